The van der Waals surface area contributed by atoms with Crippen molar-refractivity contribution in [3.8, 4) is 11.9 Å². The molecule has 1 aromatic heterocycles. The first-order valence-corrected chi connectivity index (χ1v) is 4.99. The predicted molar refractivity (Wildman–Crippen MR) is 53.4 cm³/mol. The SMILES string of the molecule is N#Cc1ccnc(OCC2CCCO2)c1. The van der Waals surface area contributed by atoms with E-state index in [1.165, 1.54) is 0 Å². The molecule has 0 spiro atoms. The molecule has 1 unspecified atom stereocenters. The summed E-state index contributed by atoms with van der Waals surface area (Å²) < 4.78 is 10.9. The fourth-order valence-electron chi connectivity index (χ4n) is 1.51. The monoisotopic (exact) mass is 204 g/mol. The Morgan fingerprint density at radius 1 is 1.67 bits per heavy atom. The van der Waals surface area contributed by atoms with Crippen LogP contribution in [0.5, 0.6) is 5.88 Å². The molecule has 2 heterocycles. The molecule has 0 N–H and O–H groups in total. The fraction of sp³-hybridized carbons (Fsp3) is 0.455. The van der Waals surface area contributed by atoms with Crippen molar-refractivity contribution in [2.24, 2.45) is 0 Å². The quantitative estimate of drug-likeness (QED) is 0.748. The second-order valence-electron chi connectivity index (χ2n) is 3.44. The average molecular weight is 204 g/mol. The molecule has 1 aliphatic heterocycles. The molecule has 0 radical (unpaired) electrons. The van der Waals surface area contributed by atoms with Crippen LogP contribution in [0.25, 0.3) is 0 Å². The molecule has 15 heavy (non-hydrogen) atoms. The van der Waals surface area contributed by atoms with Gasteiger partial charge in [-0.1, -0.05) is 0 Å². The number of hydrogen-bond acceptors (Lipinski definition) is 4. The zero-order chi connectivity index (χ0) is 10.5. The summed E-state index contributed by atoms with van der Waals surface area (Å²) in [5, 5.41) is 8.68. The van der Waals surface area contributed by atoms with E-state index in [1.54, 1.807) is 18.3 Å². The Bertz CT molecular complexity index is 367. The van der Waals surface area contributed by atoms with E-state index in [9.17, 15) is 0 Å². The van der Waals surface area contributed by atoms with Gasteiger partial charge in [0, 0.05) is 18.9 Å². The highest BCUT2D eigenvalue weighted by Crippen LogP contribution is 2.14. The third-order valence-electron chi connectivity index (χ3n) is 2.31. The van der Waals surface area contributed by atoms with Gasteiger partial charge in [0.25, 0.3) is 0 Å². The minimum absolute atomic E-state index is 0.178. The van der Waals surface area contributed by atoms with E-state index in [4.69, 9.17) is 14.7 Å². The lowest BCUT2D eigenvalue weighted by Gasteiger charge is -2.10. The number of nitriles is 1. The number of aromatic nitrogens is 1. The summed E-state index contributed by atoms with van der Waals surface area (Å²) in [6.45, 7) is 1.33. The van der Waals surface area contributed by atoms with Crippen LogP contribution < -0.4 is 4.74 Å². The molecule has 0 saturated carbocycles. The Morgan fingerprint density at radius 3 is 3.33 bits per heavy atom. The highest BCUT2D eigenvalue weighted by Gasteiger charge is 2.16. The van der Waals surface area contributed by atoms with Crippen molar-refractivity contribution in [3.63, 3.8) is 0 Å². The van der Waals surface area contributed by atoms with Gasteiger partial charge >= 0.3 is 0 Å². The molecule has 4 heteroatoms. The first-order valence-electron chi connectivity index (χ1n) is 4.99. The number of rotatable bonds is 3. The summed E-state index contributed by atoms with van der Waals surface area (Å²) in [7, 11) is 0. The van der Waals surface area contributed by atoms with E-state index < -0.39 is 0 Å². The van der Waals surface area contributed by atoms with Gasteiger partial charge < -0.3 is 9.47 Å². The van der Waals surface area contributed by atoms with Gasteiger partial charge in [-0.3, -0.25) is 0 Å². The third kappa shape index (κ3) is 2.67. The van der Waals surface area contributed by atoms with Crippen molar-refractivity contribution in [3.05, 3.63) is 23.9 Å². The summed E-state index contributed by atoms with van der Waals surface area (Å²) in [5.41, 5.74) is 0.562. The molecule has 1 fully saturated rings. The van der Waals surface area contributed by atoms with Gasteiger partial charge in [0.15, 0.2) is 0 Å². The molecule has 0 bridgehead atoms. The highest BCUT2D eigenvalue weighted by molar-refractivity contribution is 5.31. The fourth-order valence-corrected chi connectivity index (χ4v) is 1.51. The van der Waals surface area contributed by atoms with Crippen molar-refractivity contribution >= 4 is 0 Å². The molecule has 0 amide bonds. The topological polar surface area (TPSA) is 55.1 Å². The molecule has 0 aromatic carbocycles. The van der Waals surface area contributed by atoms with Crippen LogP contribution in [0.15, 0.2) is 18.3 Å². The van der Waals surface area contributed by atoms with E-state index in [-0.39, 0.29) is 6.10 Å². The molecular formula is C11H12N2O2. The molecule has 1 aromatic rings. The van der Waals surface area contributed by atoms with Crippen LogP contribution in [0.4, 0.5) is 0 Å². The molecule has 1 saturated heterocycles. The summed E-state index contributed by atoms with van der Waals surface area (Å²) in [4.78, 5) is 4.02. The van der Waals surface area contributed by atoms with Crippen LogP contribution in [-0.2, 0) is 4.74 Å². The van der Waals surface area contributed by atoms with Gasteiger partial charge in [-0.25, -0.2) is 4.98 Å². The summed E-state index contributed by atoms with van der Waals surface area (Å²) in [5.74, 6) is 0.490. The van der Waals surface area contributed by atoms with Crippen molar-refractivity contribution in [2.75, 3.05) is 13.2 Å². The lowest BCUT2D eigenvalue weighted by Crippen LogP contribution is -2.16. The summed E-state index contributed by atoms with van der Waals surface area (Å²) >= 11 is 0. The van der Waals surface area contributed by atoms with Gasteiger partial charge in [0.1, 0.15) is 6.61 Å². The molecule has 1 atom stereocenters. The molecule has 0 aliphatic carbocycles. The molecular weight excluding hydrogens is 192 g/mol. The van der Waals surface area contributed by atoms with E-state index >= 15 is 0 Å². The Labute approximate surface area is 88.5 Å². The maximum Gasteiger partial charge on any atom is 0.214 e. The predicted octanol–water partition coefficient (Wildman–Crippen LogP) is 1.51. The lowest BCUT2D eigenvalue weighted by molar-refractivity contribution is 0.0663. The normalized spacial score (nSPS) is 19.8. The van der Waals surface area contributed by atoms with Gasteiger partial charge in [0.05, 0.1) is 17.7 Å². The first-order chi connectivity index (χ1) is 7.38. The third-order valence-corrected chi connectivity index (χ3v) is 2.31. The van der Waals surface area contributed by atoms with E-state index in [0.29, 0.717) is 18.1 Å². The van der Waals surface area contributed by atoms with E-state index in [0.717, 1.165) is 19.4 Å². The second-order valence-corrected chi connectivity index (χ2v) is 3.44. The summed E-state index contributed by atoms with van der Waals surface area (Å²) in [6.07, 6.45) is 3.89. The maximum atomic E-state index is 8.68. The molecule has 4 nitrogen and oxygen atoms in total. The largest absolute Gasteiger partial charge is 0.475 e. The minimum atomic E-state index is 0.178. The van der Waals surface area contributed by atoms with Gasteiger partial charge in [-0.2, -0.15) is 5.26 Å². The minimum Gasteiger partial charge on any atom is -0.475 e. The van der Waals surface area contributed by atoms with Crippen molar-refractivity contribution in [2.45, 2.75) is 18.9 Å². The van der Waals surface area contributed by atoms with Crippen molar-refractivity contribution < 1.29 is 9.47 Å². The van der Waals surface area contributed by atoms with Gasteiger partial charge in [0.2, 0.25) is 5.88 Å². The van der Waals surface area contributed by atoms with Crippen LogP contribution in [-0.4, -0.2) is 24.3 Å². The Hall–Kier alpha value is -1.60. The summed E-state index contributed by atoms with van der Waals surface area (Å²) in [6, 6.07) is 5.33. The van der Waals surface area contributed by atoms with Gasteiger partial charge in [-0.15, -0.1) is 0 Å². The molecule has 78 valence electrons. The smallest absolute Gasteiger partial charge is 0.214 e. The van der Waals surface area contributed by atoms with Crippen molar-refractivity contribution in [1.29, 1.82) is 5.26 Å². The van der Waals surface area contributed by atoms with Crippen LogP contribution in [0.3, 0.4) is 0 Å². The number of ether oxygens (including phenoxy) is 2. The van der Waals surface area contributed by atoms with Crippen LogP contribution in [0.2, 0.25) is 0 Å². The van der Waals surface area contributed by atoms with E-state index in [1.807, 2.05) is 6.07 Å². The Morgan fingerprint density at radius 2 is 2.60 bits per heavy atom. The van der Waals surface area contributed by atoms with Crippen molar-refractivity contribution in [1.82, 2.24) is 4.98 Å². The maximum absolute atomic E-state index is 8.68. The second kappa shape index (κ2) is 4.76. The number of pyridine rings is 1. The van der Waals surface area contributed by atoms with E-state index in [2.05, 4.69) is 4.98 Å². The average Bonchev–Trinajstić information content (AvgIpc) is 2.79. The number of hydrogen-bond donors (Lipinski definition) is 0. The Kier molecular flexibility index (Phi) is 3.15. The molecule has 2 rings (SSSR count). The zero-order valence-electron chi connectivity index (χ0n) is 8.35. The number of nitrogens with zero attached hydrogens (tertiary/aromatic N) is 2. The van der Waals surface area contributed by atoms with Crippen LogP contribution in [0, 0.1) is 11.3 Å². The Balaban J connectivity index is 1.90. The lowest BCUT2D eigenvalue weighted by atomic mass is 10.2. The first kappa shape index (κ1) is 9.94. The highest BCUT2D eigenvalue weighted by atomic mass is 16.5. The van der Waals surface area contributed by atoms with Gasteiger partial charge in [-0.05, 0) is 18.9 Å². The standard InChI is InChI=1S/C11H12N2O2/c12-7-9-3-4-13-11(6-9)15-8-10-2-1-5-14-10/h3-4,6,10H,1-2,5,8H2. The van der Waals surface area contributed by atoms with Crippen LogP contribution >= 0.6 is 0 Å². The molecule has 1 aliphatic rings. The zero-order valence-corrected chi connectivity index (χ0v) is 8.35. The van der Waals surface area contributed by atoms with Crippen LogP contribution in [0.1, 0.15) is 18.4 Å².